The number of carbonyl (C=O) groups excluding carboxylic acids is 3. The lowest BCUT2D eigenvalue weighted by molar-refractivity contribution is -0.131. The lowest BCUT2D eigenvalue weighted by Gasteiger charge is -2.21. The fourth-order valence-electron chi connectivity index (χ4n) is 2.64. The molecule has 0 radical (unpaired) electrons. The highest BCUT2D eigenvalue weighted by Gasteiger charge is 2.49. The zero-order valence-corrected chi connectivity index (χ0v) is 13.2. The van der Waals surface area contributed by atoms with E-state index >= 15 is 0 Å². The third-order valence-electron chi connectivity index (χ3n) is 3.99. The fourth-order valence-corrected chi connectivity index (χ4v) is 2.64. The van der Waals surface area contributed by atoms with E-state index in [0.29, 0.717) is 11.3 Å². The molecule has 3 rings (SSSR count). The smallest absolute Gasteiger partial charge is 0.373 e. The first-order chi connectivity index (χ1) is 11.5. The van der Waals surface area contributed by atoms with Crippen LogP contribution in [0.1, 0.15) is 28.8 Å². The molecule has 0 aliphatic carbocycles. The lowest BCUT2D eigenvalue weighted by atomic mass is 9.92. The van der Waals surface area contributed by atoms with Gasteiger partial charge in [0.05, 0.1) is 13.7 Å². The van der Waals surface area contributed by atoms with Crippen LogP contribution in [0.3, 0.4) is 0 Å². The van der Waals surface area contributed by atoms with Gasteiger partial charge in [0.25, 0.3) is 5.91 Å². The van der Waals surface area contributed by atoms with E-state index in [1.807, 2.05) is 6.07 Å². The molecule has 0 spiro atoms. The monoisotopic (exact) mass is 328 g/mol. The standard InChI is InChI=1S/C17H16N2O5/c1-17(11-6-4-3-5-7-11)15(21)19(16(22)18-17)10-12-8-9-13(24-12)14(20)23-2/h3-9H,10H2,1-2H3,(H,18,22)/t17-/m1/s1. The molecule has 1 aromatic heterocycles. The van der Waals surface area contributed by atoms with Gasteiger partial charge in [0.1, 0.15) is 11.3 Å². The summed E-state index contributed by atoms with van der Waals surface area (Å²) < 4.78 is 9.88. The Bertz CT molecular complexity index is 798. The summed E-state index contributed by atoms with van der Waals surface area (Å²) in [5.41, 5.74) is -0.434. The van der Waals surface area contributed by atoms with Gasteiger partial charge in [0.2, 0.25) is 5.76 Å². The summed E-state index contributed by atoms with van der Waals surface area (Å²) in [6.45, 7) is 1.59. The Morgan fingerprint density at radius 2 is 1.92 bits per heavy atom. The molecule has 7 heteroatoms. The van der Waals surface area contributed by atoms with Crippen molar-refractivity contribution in [1.29, 1.82) is 0 Å². The zero-order chi connectivity index (χ0) is 17.3. The highest BCUT2D eigenvalue weighted by molar-refractivity contribution is 6.07. The number of carbonyl (C=O) groups is 3. The van der Waals surface area contributed by atoms with Crippen LogP contribution in [0.25, 0.3) is 0 Å². The molecular weight excluding hydrogens is 312 g/mol. The summed E-state index contributed by atoms with van der Waals surface area (Å²) in [5, 5.41) is 2.71. The van der Waals surface area contributed by atoms with E-state index in [-0.39, 0.29) is 18.2 Å². The molecule has 1 N–H and O–H groups in total. The third kappa shape index (κ3) is 2.54. The molecule has 124 valence electrons. The molecule has 2 heterocycles. The number of benzene rings is 1. The number of amides is 3. The Balaban J connectivity index is 1.82. The number of furan rings is 1. The van der Waals surface area contributed by atoms with Crippen molar-refractivity contribution in [3.05, 3.63) is 59.5 Å². The number of nitrogens with one attached hydrogen (secondary N) is 1. The van der Waals surface area contributed by atoms with Gasteiger partial charge in [-0.1, -0.05) is 30.3 Å². The molecule has 0 saturated carbocycles. The second-order valence-corrected chi connectivity index (χ2v) is 5.57. The molecule has 1 aromatic carbocycles. The van der Waals surface area contributed by atoms with Crippen molar-refractivity contribution in [2.24, 2.45) is 0 Å². The molecule has 3 amide bonds. The van der Waals surface area contributed by atoms with Crippen LogP contribution in [-0.4, -0.2) is 29.9 Å². The number of hydrogen-bond donors (Lipinski definition) is 1. The van der Waals surface area contributed by atoms with Gasteiger partial charge in [-0.05, 0) is 24.6 Å². The number of rotatable bonds is 4. The number of imide groups is 1. The van der Waals surface area contributed by atoms with Gasteiger partial charge >= 0.3 is 12.0 Å². The van der Waals surface area contributed by atoms with Crippen LogP contribution < -0.4 is 5.32 Å². The summed E-state index contributed by atoms with van der Waals surface area (Å²) in [6, 6.07) is 11.5. The van der Waals surface area contributed by atoms with Gasteiger partial charge in [-0.3, -0.25) is 9.69 Å². The van der Waals surface area contributed by atoms with Crippen molar-refractivity contribution in [3.63, 3.8) is 0 Å². The summed E-state index contributed by atoms with van der Waals surface area (Å²) in [5.74, 6) is -0.663. The number of esters is 1. The minimum atomic E-state index is -1.13. The van der Waals surface area contributed by atoms with Crippen molar-refractivity contribution in [3.8, 4) is 0 Å². The van der Waals surface area contributed by atoms with E-state index < -0.39 is 17.5 Å². The Morgan fingerprint density at radius 3 is 2.58 bits per heavy atom. The van der Waals surface area contributed by atoms with E-state index in [9.17, 15) is 14.4 Å². The van der Waals surface area contributed by atoms with Crippen molar-refractivity contribution in [2.75, 3.05) is 7.11 Å². The van der Waals surface area contributed by atoms with Gasteiger partial charge < -0.3 is 14.5 Å². The first-order valence-corrected chi connectivity index (χ1v) is 7.32. The van der Waals surface area contributed by atoms with Crippen molar-refractivity contribution in [2.45, 2.75) is 19.0 Å². The molecule has 7 nitrogen and oxygen atoms in total. The van der Waals surface area contributed by atoms with Crippen LogP contribution in [-0.2, 0) is 21.6 Å². The number of urea groups is 1. The van der Waals surface area contributed by atoms with Gasteiger partial charge in [0, 0.05) is 0 Å². The fraction of sp³-hybridized carbons (Fsp3) is 0.235. The van der Waals surface area contributed by atoms with Gasteiger partial charge in [0.15, 0.2) is 0 Å². The van der Waals surface area contributed by atoms with Crippen LogP contribution in [0.5, 0.6) is 0 Å². The van der Waals surface area contributed by atoms with E-state index in [1.165, 1.54) is 19.2 Å². The maximum atomic E-state index is 12.7. The highest BCUT2D eigenvalue weighted by Crippen LogP contribution is 2.29. The summed E-state index contributed by atoms with van der Waals surface area (Å²) in [4.78, 5) is 37.5. The summed E-state index contributed by atoms with van der Waals surface area (Å²) >= 11 is 0. The number of nitrogens with zero attached hydrogens (tertiary/aromatic N) is 1. The highest BCUT2D eigenvalue weighted by atomic mass is 16.5. The largest absolute Gasteiger partial charge is 0.463 e. The normalized spacial score (nSPS) is 20.2. The van der Waals surface area contributed by atoms with Gasteiger partial charge in [-0.2, -0.15) is 0 Å². The minimum absolute atomic E-state index is 0.0189. The van der Waals surface area contributed by atoms with E-state index in [0.717, 1.165) is 4.90 Å². The minimum Gasteiger partial charge on any atom is -0.463 e. The lowest BCUT2D eigenvalue weighted by Crippen LogP contribution is -2.40. The number of hydrogen-bond acceptors (Lipinski definition) is 5. The second-order valence-electron chi connectivity index (χ2n) is 5.57. The Labute approximate surface area is 138 Å². The van der Waals surface area contributed by atoms with E-state index in [1.54, 1.807) is 31.2 Å². The van der Waals surface area contributed by atoms with Crippen LogP contribution in [0.4, 0.5) is 4.79 Å². The number of ether oxygens (including phenoxy) is 1. The van der Waals surface area contributed by atoms with Crippen LogP contribution >= 0.6 is 0 Å². The number of methoxy groups -OCH3 is 1. The first kappa shape index (κ1) is 15.8. The molecule has 0 unspecified atom stereocenters. The maximum Gasteiger partial charge on any atom is 0.373 e. The SMILES string of the molecule is COC(=O)c1ccc(CN2C(=O)N[C@](C)(c3ccccc3)C2=O)o1. The third-order valence-corrected chi connectivity index (χ3v) is 3.99. The Morgan fingerprint density at radius 1 is 1.21 bits per heavy atom. The average Bonchev–Trinajstić information content (AvgIpc) is 3.15. The van der Waals surface area contributed by atoms with Crippen molar-refractivity contribution in [1.82, 2.24) is 10.2 Å². The topological polar surface area (TPSA) is 88.9 Å². The van der Waals surface area contributed by atoms with Crippen molar-refractivity contribution < 1.29 is 23.5 Å². The molecule has 1 saturated heterocycles. The molecule has 0 bridgehead atoms. The summed E-state index contributed by atoms with van der Waals surface area (Å²) in [6.07, 6.45) is 0. The average molecular weight is 328 g/mol. The predicted octanol–water partition coefficient (Wildman–Crippen LogP) is 2.03. The second kappa shape index (κ2) is 5.84. The van der Waals surface area contributed by atoms with Crippen LogP contribution in [0.15, 0.2) is 46.9 Å². The van der Waals surface area contributed by atoms with Crippen LogP contribution in [0.2, 0.25) is 0 Å². The van der Waals surface area contributed by atoms with Gasteiger partial charge in [-0.25, -0.2) is 9.59 Å². The zero-order valence-electron chi connectivity index (χ0n) is 13.2. The molecule has 24 heavy (non-hydrogen) atoms. The quantitative estimate of drug-likeness (QED) is 0.685. The Kier molecular flexibility index (Phi) is 3.84. The predicted molar refractivity (Wildman–Crippen MR) is 82.9 cm³/mol. The first-order valence-electron chi connectivity index (χ1n) is 7.32. The maximum absolute atomic E-state index is 12.7. The van der Waals surface area contributed by atoms with Gasteiger partial charge in [-0.15, -0.1) is 0 Å². The molecule has 1 fully saturated rings. The van der Waals surface area contributed by atoms with Crippen LogP contribution in [0, 0.1) is 0 Å². The van der Waals surface area contributed by atoms with Crippen molar-refractivity contribution >= 4 is 17.9 Å². The molecule has 2 aromatic rings. The summed E-state index contributed by atoms with van der Waals surface area (Å²) in [7, 11) is 1.24. The van der Waals surface area contributed by atoms with E-state index in [4.69, 9.17) is 4.42 Å². The molecule has 1 atom stereocenters. The molecule has 1 aliphatic heterocycles. The Hall–Kier alpha value is -3.09. The molecular formula is C17H16N2O5. The van der Waals surface area contributed by atoms with E-state index in [2.05, 4.69) is 10.1 Å². The molecule has 1 aliphatic rings.